The highest BCUT2D eigenvalue weighted by atomic mass is 16.5. The van der Waals surface area contributed by atoms with E-state index in [-0.39, 0.29) is 6.10 Å². The third-order valence-corrected chi connectivity index (χ3v) is 1.96. The van der Waals surface area contributed by atoms with Gasteiger partial charge in [0.25, 0.3) is 0 Å². The summed E-state index contributed by atoms with van der Waals surface area (Å²) in [6, 6.07) is -1.34. The van der Waals surface area contributed by atoms with Crippen LogP contribution in [0.5, 0.6) is 0 Å². The van der Waals surface area contributed by atoms with Crippen LogP contribution in [-0.2, 0) is 9.53 Å². The van der Waals surface area contributed by atoms with Gasteiger partial charge >= 0.3 is 12.0 Å². The number of methoxy groups -OCH3 is 1. The number of rotatable bonds is 6. The Labute approximate surface area is 89.0 Å². The Hall–Kier alpha value is -1.30. The standard InChI is InChI=1S/C9H18N2O4/c1-4-7(8(12)13)11-9(14)10-5-6(2)15-3/h6-7H,4-5H2,1-3H3,(H,12,13)(H2,10,11,14). The van der Waals surface area contributed by atoms with E-state index in [0.29, 0.717) is 13.0 Å². The van der Waals surface area contributed by atoms with Crippen LogP contribution < -0.4 is 10.6 Å². The second kappa shape index (κ2) is 7.05. The van der Waals surface area contributed by atoms with Crippen molar-refractivity contribution in [2.24, 2.45) is 0 Å². The zero-order valence-corrected chi connectivity index (χ0v) is 9.24. The number of carboxylic acids is 1. The molecule has 0 rings (SSSR count). The molecule has 0 aliphatic rings. The van der Waals surface area contributed by atoms with Gasteiger partial charge in [-0.1, -0.05) is 6.92 Å². The van der Waals surface area contributed by atoms with E-state index in [2.05, 4.69) is 10.6 Å². The van der Waals surface area contributed by atoms with E-state index in [1.165, 1.54) is 7.11 Å². The van der Waals surface area contributed by atoms with Crippen molar-refractivity contribution in [3.8, 4) is 0 Å². The zero-order valence-electron chi connectivity index (χ0n) is 9.24. The quantitative estimate of drug-likeness (QED) is 0.593. The van der Waals surface area contributed by atoms with Gasteiger partial charge in [-0.15, -0.1) is 0 Å². The number of carbonyl (C=O) groups is 2. The monoisotopic (exact) mass is 218 g/mol. The van der Waals surface area contributed by atoms with Crippen LogP contribution >= 0.6 is 0 Å². The summed E-state index contributed by atoms with van der Waals surface area (Å²) in [7, 11) is 1.54. The van der Waals surface area contributed by atoms with Crippen LogP contribution in [0.1, 0.15) is 20.3 Å². The van der Waals surface area contributed by atoms with Crippen molar-refractivity contribution in [3.05, 3.63) is 0 Å². The number of ether oxygens (including phenoxy) is 1. The molecule has 0 aromatic carbocycles. The SMILES string of the molecule is CCC(NC(=O)NCC(C)OC)C(=O)O. The maximum absolute atomic E-state index is 11.2. The van der Waals surface area contributed by atoms with Gasteiger partial charge in [-0.3, -0.25) is 0 Å². The number of hydrogen-bond acceptors (Lipinski definition) is 3. The molecule has 2 amide bonds. The van der Waals surface area contributed by atoms with Crippen molar-refractivity contribution >= 4 is 12.0 Å². The lowest BCUT2D eigenvalue weighted by atomic mass is 10.2. The van der Waals surface area contributed by atoms with Gasteiger partial charge in [0.05, 0.1) is 6.10 Å². The van der Waals surface area contributed by atoms with Gasteiger partial charge in [-0.25, -0.2) is 9.59 Å². The van der Waals surface area contributed by atoms with Crippen molar-refractivity contribution < 1.29 is 19.4 Å². The fourth-order valence-corrected chi connectivity index (χ4v) is 0.867. The molecule has 0 aliphatic carbocycles. The third-order valence-electron chi connectivity index (χ3n) is 1.96. The number of nitrogens with one attached hydrogen (secondary N) is 2. The lowest BCUT2D eigenvalue weighted by Gasteiger charge is -2.15. The van der Waals surface area contributed by atoms with E-state index < -0.39 is 18.0 Å². The maximum atomic E-state index is 11.2. The van der Waals surface area contributed by atoms with E-state index in [4.69, 9.17) is 9.84 Å². The predicted octanol–water partition coefficient (Wildman–Crippen LogP) is 0.184. The first kappa shape index (κ1) is 13.7. The fourth-order valence-electron chi connectivity index (χ4n) is 0.867. The Kier molecular flexibility index (Phi) is 6.44. The van der Waals surface area contributed by atoms with Crippen LogP contribution in [0.4, 0.5) is 4.79 Å². The highest BCUT2D eigenvalue weighted by Crippen LogP contribution is 1.90. The van der Waals surface area contributed by atoms with Crippen LogP contribution in [0.15, 0.2) is 0 Å². The molecule has 0 fully saturated rings. The molecule has 0 saturated heterocycles. The molecule has 0 aromatic rings. The summed E-state index contributed by atoms with van der Waals surface area (Å²) in [5.41, 5.74) is 0. The molecule has 0 spiro atoms. The molecule has 0 radical (unpaired) electrons. The Morgan fingerprint density at radius 1 is 1.47 bits per heavy atom. The summed E-state index contributed by atoms with van der Waals surface area (Å²) in [4.78, 5) is 21.8. The first-order chi connectivity index (χ1) is 7.01. The zero-order chi connectivity index (χ0) is 11.8. The third kappa shape index (κ3) is 5.90. The smallest absolute Gasteiger partial charge is 0.326 e. The molecule has 0 saturated carbocycles. The number of aliphatic carboxylic acids is 1. The highest BCUT2D eigenvalue weighted by molar-refractivity contribution is 5.82. The van der Waals surface area contributed by atoms with E-state index in [1.807, 2.05) is 0 Å². The van der Waals surface area contributed by atoms with Gasteiger partial charge in [0, 0.05) is 13.7 Å². The van der Waals surface area contributed by atoms with Gasteiger partial charge in [0.1, 0.15) is 6.04 Å². The normalized spacial score (nSPS) is 14.1. The van der Waals surface area contributed by atoms with Crippen LogP contribution in [-0.4, -0.2) is 42.9 Å². The lowest BCUT2D eigenvalue weighted by molar-refractivity contribution is -0.139. The Morgan fingerprint density at radius 3 is 2.47 bits per heavy atom. The first-order valence-corrected chi connectivity index (χ1v) is 4.81. The molecule has 2 unspecified atom stereocenters. The molecule has 0 aliphatic heterocycles. The molecule has 6 nitrogen and oxygen atoms in total. The van der Waals surface area contributed by atoms with Crippen LogP contribution in [0.3, 0.4) is 0 Å². The van der Waals surface area contributed by atoms with Crippen molar-refractivity contribution in [2.45, 2.75) is 32.4 Å². The van der Waals surface area contributed by atoms with Crippen molar-refractivity contribution in [3.63, 3.8) is 0 Å². The second-order valence-electron chi connectivity index (χ2n) is 3.20. The highest BCUT2D eigenvalue weighted by Gasteiger charge is 2.17. The van der Waals surface area contributed by atoms with Gasteiger partial charge in [0.15, 0.2) is 0 Å². The predicted molar refractivity (Wildman–Crippen MR) is 54.7 cm³/mol. The van der Waals surface area contributed by atoms with Gasteiger partial charge in [-0.05, 0) is 13.3 Å². The Balaban J connectivity index is 3.86. The average molecular weight is 218 g/mol. The van der Waals surface area contributed by atoms with E-state index in [9.17, 15) is 9.59 Å². The average Bonchev–Trinajstić information content (AvgIpc) is 2.21. The molecular weight excluding hydrogens is 200 g/mol. The Bertz CT molecular complexity index is 220. The molecule has 6 heteroatoms. The maximum Gasteiger partial charge on any atom is 0.326 e. The number of hydrogen-bond donors (Lipinski definition) is 3. The number of carbonyl (C=O) groups excluding carboxylic acids is 1. The van der Waals surface area contributed by atoms with E-state index in [1.54, 1.807) is 13.8 Å². The van der Waals surface area contributed by atoms with E-state index in [0.717, 1.165) is 0 Å². The van der Waals surface area contributed by atoms with Crippen LogP contribution in [0, 0.1) is 0 Å². The number of urea groups is 1. The summed E-state index contributed by atoms with van der Waals surface area (Å²) in [6.45, 7) is 3.84. The summed E-state index contributed by atoms with van der Waals surface area (Å²) in [5.74, 6) is -1.03. The van der Waals surface area contributed by atoms with Crippen molar-refractivity contribution in [2.75, 3.05) is 13.7 Å². The minimum Gasteiger partial charge on any atom is -0.480 e. The molecule has 0 bridgehead atoms. The van der Waals surface area contributed by atoms with Gasteiger partial charge in [0.2, 0.25) is 0 Å². The molecule has 3 N–H and O–H groups in total. The molecule has 15 heavy (non-hydrogen) atoms. The van der Waals surface area contributed by atoms with Crippen LogP contribution in [0.25, 0.3) is 0 Å². The summed E-state index contributed by atoms with van der Waals surface area (Å²) in [5, 5.41) is 13.5. The second-order valence-corrected chi connectivity index (χ2v) is 3.20. The molecule has 0 aromatic heterocycles. The fraction of sp³-hybridized carbons (Fsp3) is 0.778. The number of carboxylic acid groups (broad SMARTS) is 1. The van der Waals surface area contributed by atoms with E-state index >= 15 is 0 Å². The van der Waals surface area contributed by atoms with Crippen molar-refractivity contribution in [1.82, 2.24) is 10.6 Å². The molecule has 88 valence electrons. The lowest BCUT2D eigenvalue weighted by Crippen LogP contribution is -2.47. The summed E-state index contributed by atoms with van der Waals surface area (Å²) >= 11 is 0. The number of amides is 2. The largest absolute Gasteiger partial charge is 0.480 e. The first-order valence-electron chi connectivity index (χ1n) is 4.81. The van der Waals surface area contributed by atoms with Gasteiger partial charge < -0.3 is 20.5 Å². The molecule has 0 heterocycles. The van der Waals surface area contributed by atoms with Gasteiger partial charge in [-0.2, -0.15) is 0 Å². The molecule has 2 atom stereocenters. The molecular formula is C9H18N2O4. The van der Waals surface area contributed by atoms with Crippen molar-refractivity contribution in [1.29, 1.82) is 0 Å². The summed E-state index contributed by atoms with van der Waals surface area (Å²) < 4.78 is 4.92. The summed E-state index contributed by atoms with van der Waals surface area (Å²) in [6.07, 6.45) is 0.253. The van der Waals surface area contributed by atoms with Crippen LogP contribution in [0.2, 0.25) is 0 Å². The topological polar surface area (TPSA) is 87.7 Å². The minimum absolute atomic E-state index is 0.0966. The Morgan fingerprint density at radius 2 is 2.07 bits per heavy atom. The minimum atomic E-state index is -1.03.